The summed E-state index contributed by atoms with van der Waals surface area (Å²) in [5, 5.41) is 5.56. The molecule has 3 aromatic rings. The molecule has 3 rings (SSSR count). The maximum atomic E-state index is 13.1. The van der Waals surface area contributed by atoms with Crippen molar-refractivity contribution in [1.29, 1.82) is 0 Å². The van der Waals surface area contributed by atoms with Crippen molar-refractivity contribution in [2.24, 2.45) is 0 Å². The number of nitrogens with zero attached hydrogens (tertiary/aromatic N) is 1. The van der Waals surface area contributed by atoms with Crippen molar-refractivity contribution in [3.63, 3.8) is 0 Å². The van der Waals surface area contributed by atoms with Crippen LogP contribution < -0.4 is 10.6 Å². The Morgan fingerprint density at radius 3 is 2.41 bits per heavy atom. The van der Waals surface area contributed by atoms with E-state index in [-0.39, 0.29) is 18.0 Å². The van der Waals surface area contributed by atoms with Crippen LogP contribution in [0.1, 0.15) is 35.5 Å². The Morgan fingerprint density at radius 2 is 1.81 bits per heavy atom. The highest BCUT2D eigenvalue weighted by molar-refractivity contribution is 8.21. The van der Waals surface area contributed by atoms with Crippen molar-refractivity contribution in [2.45, 2.75) is 38.1 Å². The number of aromatic nitrogens is 1. The number of pyridine rings is 1. The first kappa shape index (κ1) is 25.4. The normalized spacial score (nSPS) is 11.0. The van der Waals surface area contributed by atoms with E-state index in [0.717, 1.165) is 39.3 Å². The first-order valence-corrected chi connectivity index (χ1v) is 11.8. The van der Waals surface area contributed by atoms with Crippen molar-refractivity contribution < 1.29 is 14.0 Å². The first-order chi connectivity index (χ1) is 15.5. The van der Waals surface area contributed by atoms with Crippen LogP contribution in [-0.2, 0) is 11.2 Å². The number of benzene rings is 2. The molecule has 1 atom stereocenters. The summed E-state index contributed by atoms with van der Waals surface area (Å²) in [6.45, 7) is 5.86. The molecule has 1 heterocycles. The number of rotatable bonds is 7. The van der Waals surface area contributed by atoms with Gasteiger partial charge in [-0.2, -0.15) is 0 Å². The third kappa shape index (κ3) is 7.35. The lowest BCUT2D eigenvalue weighted by molar-refractivity contribution is -0.118. The summed E-state index contributed by atoms with van der Waals surface area (Å²) in [5.41, 5.74) is 2.39. The Morgan fingerprint density at radius 1 is 1.09 bits per heavy atom. The van der Waals surface area contributed by atoms with Crippen molar-refractivity contribution in [3.8, 4) is 0 Å². The second kappa shape index (κ2) is 12.8. The van der Waals surface area contributed by atoms with Gasteiger partial charge >= 0.3 is 0 Å². The standard InChI is InChI=1S/C22H19ClFN3O2S.C2H6/c1-14-11-17(30-23)8-10-18(14)26-22(29)20(12-15-5-3-2-4-6-15)27-21(28)19-9-7-16(24)13-25-19;1-2/h2-11,13,20H,12H2,1H3,(H,26,29)(H,27,28);1-2H3. The predicted octanol–water partition coefficient (Wildman–Crippen LogP) is 5.78. The third-order valence-corrected chi connectivity index (χ3v) is 5.38. The van der Waals surface area contributed by atoms with Gasteiger partial charge < -0.3 is 10.6 Å². The van der Waals surface area contributed by atoms with Crippen molar-refractivity contribution in [1.82, 2.24) is 10.3 Å². The van der Waals surface area contributed by atoms with Crippen LogP contribution in [0.2, 0.25) is 0 Å². The van der Waals surface area contributed by atoms with Crippen LogP contribution in [0.4, 0.5) is 10.1 Å². The SMILES string of the molecule is CC.Cc1cc(SCl)ccc1NC(=O)C(Cc1ccccc1)NC(=O)c1ccc(F)cn1. The van der Waals surface area contributed by atoms with E-state index < -0.39 is 17.8 Å². The topological polar surface area (TPSA) is 71.1 Å². The van der Waals surface area contributed by atoms with Crippen LogP contribution in [0.5, 0.6) is 0 Å². The molecule has 1 unspecified atom stereocenters. The maximum absolute atomic E-state index is 13.1. The van der Waals surface area contributed by atoms with Gasteiger partial charge in [0.05, 0.1) is 6.20 Å². The average molecular weight is 474 g/mol. The van der Waals surface area contributed by atoms with Gasteiger partial charge in [-0.1, -0.05) is 44.2 Å². The molecule has 0 spiro atoms. The fraction of sp³-hybridized carbons (Fsp3) is 0.208. The Balaban J connectivity index is 0.00000176. The van der Waals surface area contributed by atoms with Crippen LogP contribution in [0.3, 0.4) is 0 Å². The first-order valence-electron chi connectivity index (χ1n) is 10.1. The van der Waals surface area contributed by atoms with E-state index >= 15 is 0 Å². The van der Waals surface area contributed by atoms with Crippen LogP contribution in [0.15, 0.2) is 71.8 Å². The Kier molecular flexibility index (Phi) is 10.2. The number of aryl methyl sites for hydroxylation is 1. The molecular weight excluding hydrogens is 449 g/mol. The summed E-state index contributed by atoms with van der Waals surface area (Å²) in [6, 6.07) is 16.3. The highest BCUT2D eigenvalue weighted by atomic mass is 35.7. The predicted molar refractivity (Wildman–Crippen MR) is 128 cm³/mol. The summed E-state index contributed by atoms with van der Waals surface area (Å²) in [7, 11) is 6.87. The largest absolute Gasteiger partial charge is 0.339 e. The molecule has 2 amide bonds. The van der Waals surface area contributed by atoms with Crippen LogP contribution in [-0.4, -0.2) is 22.8 Å². The number of halogens is 2. The highest BCUT2D eigenvalue weighted by Crippen LogP contribution is 2.26. The van der Waals surface area contributed by atoms with Gasteiger partial charge in [0, 0.05) is 17.0 Å². The molecule has 32 heavy (non-hydrogen) atoms. The monoisotopic (exact) mass is 473 g/mol. The zero-order valence-electron chi connectivity index (χ0n) is 18.1. The Bertz CT molecular complexity index is 1030. The molecule has 1 aromatic heterocycles. The van der Waals surface area contributed by atoms with Gasteiger partial charge in [0.25, 0.3) is 5.91 Å². The number of amides is 2. The number of anilines is 1. The quantitative estimate of drug-likeness (QED) is 0.456. The molecule has 0 aliphatic rings. The molecule has 8 heteroatoms. The summed E-state index contributed by atoms with van der Waals surface area (Å²) >= 11 is 0. The lowest BCUT2D eigenvalue weighted by Crippen LogP contribution is -2.45. The molecule has 5 nitrogen and oxygen atoms in total. The van der Waals surface area contributed by atoms with E-state index in [4.69, 9.17) is 10.7 Å². The minimum atomic E-state index is -0.853. The van der Waals surface area contributed by atoms with E-state index in [0.29, 0.717) is 5.69 Å². The van der Waals surface area contributed by atoms with E-state index in [1.807, 2.05) is 57.2 Å². The molecule has 0 saturated heterocycles. The number of nitrogens with one attached hydrogen (secondary N) is 2. The third-order valence-electron chi connectivity index (χ3n) is 4.41. The van der Waals surface area contributed by atoms with Gasteiger partial charge in [-0.15, -0.1) is 0 Å². The smallest absolute Gasteiger partial charge is 0.270 e. The van der Waals surface area contributed by atoms with Crippen molar-refractivity contribution in [3.05, 3.63) is 89.5 Å². The van der Waals surface area contributed by atoms with Crippen LogP contribution in [0.25, 0.3) is 0 Å². The van der Waals surface area contributed by atoms with Crippen LogP contribution >= 0.6 is 21.7 Å². The fourth-order valence-electron chi connectivity index (χ4n) is 2.85. The summed E-state index contributed by atoms with van der Waals surface area (Å²) in [5.74, 6) is -1.47. The molecule has 0 radical (unpaired) electrons. The zero-order valence-corrected chi connectivity index (χ0v) is 19.6. The number of hydrogen-bond acceptors (Lipinski definition) is 4. The molecular formula is C24H25ClFN3O2S. The molecule has 0 aliphatic carbocycles. The van der Waals surface area contributed by atoms with Crippen LogP contribution in [0, 0.1) is 12.7 Å². The zero-order chi connectivity index (χ0) is 23.5. The maximum Gasteiger partial charge on any atom is 0.270 e. The summed E-state index contributed by atoms with van der Waals surface area (Å²) in [4.78, 5) is 30.2. The van der Waals surface area contributed by atoms with E-state index in [2.05, 4.69) is 15.6 Å². The minimum absolute atomic E-state index is 0.0296. The van der Waals surface area contributed by atoms with Gasteiger partial charge in [-0.3, -0.25) is 9.59 Å². The summed E-state index contributed by atoms with van der Waals surface area (Å²) < 4.78 is 13.1. The number of carbonyl (C=O) groups is 2. The molecule has 2 N–H and O–H groups in total. The fourth-order valence-corrected chi connectivity index (χ4v) is 3.47. The Hall–Kier alpha value is -2.90. The van der Waals surface area contributed by atoms with Crippen molar-refractivity contribution >= 4 is 39.2 Å². The molecule has 168 valence electrons. The van der Waals surface area contributed by atoms with E-state index in [1.165, 1.54) is 6.07 Å². The number of carbonyl (C=O) groups excluding carboxylic acids is 2. The van der Waals surface area contributed by atoms with Gasteiger partial charge in [0.1, 0.15) is 17.6 Å². The lowest BCUT2D eigenvalue weighted by atomic mass is 10.0. The Labute approximate surface area is 196 Å². The molecule has 0 saturated carbocycles. The lowest BCUT2D eigenvalue weighted by Gasteiger charge is -2.19. The second-order valence-corrected chi connectivity index (χ2v) is 7.71. The van der Waals surface area contributed by atoms with E-state index in [9.17, 15) is 14.0 Å². The molecule has 2 aromatic carbocycles. The summed E-state index contributed by atoms with van der Waals surface area (Å²) in [6.07, 6.45) is 1.25. The molecule has 0 aliphatic heterocycles. The van der Waals surface area contributed by atoms with Gasteiger partial charge in [0.2, 0.25) is 5.91 Å². The minimum Gasteiger partial charge on any atom is -0.339 e. The van der Waals surface area contributed by atoms with Gasteiger partial charge in [0.15, 0.2) is 0 Å². The van der Waals surface area contributed by atoms with E-state index in [1.54, 1.807) is 12.1 Å². The highest BCUT2D eigenvalue weighted by Gasteiger charge is 2.23. The van der Waals surface area contributed by atoms with Crippen molar-refractivity contribution in [2.75, 3.05) is 5.32 Å². The number of hydrogen-bond donors (Lipinski definition) is 2. The van der Waals surface area contributed by atoms with Gasteiger partial charge in [-0.05, 0) is 70.0 Å². The van der Waals surface area contributed by atoms with Gasteiger partial charge in [-0.25, -0.2) is 9.37 Å². The molecule has 0 fully saturated rings. The second-order valence-electron chi connectivity index (χ2n) is 6.62. The molecule has 0 bridgehead atoms. The average Bonchev–Trinajstić information content (AvgIpc) is 2.82.